The highest BCUT2D eigenvalue weighted by Gasteiger charge is 1.76. The second-order valence-corrected chi connectivity index (χ2v) is 1.71. The Morgan fingerprint density at radius 2 is 2.29 bits per heavy atom. The topological polar surface area (TPSA) is 12.0 Å². The summed E-state index contributed by atoms with van der Waals surface area (Å²) in [6.45, 7) is 8.84. The fraction of sp³-hybridized carbons (Fsp3) is 0.667. The molecule has 0 saturated carbocycles. The maximum Gasteiger partial charge on any atom is 0.0141 e. The summed E-state index contributed by atoms with van der Waals surface area (Å²) in [6.07, 6.45) is 1.17. The summed E-state index contributed by atoms with van der Waals surface area (Å²) in [4.78, 5) is 0. The molecule has 0 aliphatic rings. The highest BCUT2D eigenvalue weighted by Crippen LogP contribution is 1.77. The molecule has 0 spiro atoms. The minimum Gasteiger partial charge on any atom is -0.389 e. The van der Waals surface area contributed by atoms with Crippen molar-refractivity contribution in [3.63, 3.8) is 0 Å². The van der Waals surface area contributed by atoms with Crippen LogP contribution in [0, 0.1) is 0 Å². The largest absolute Gasteiger partial charge is 0.389 e. The van der Waals surface area contributed by atoms with Crippen molar-refractivity contribution in [3.8, 4) is 0 Å². The molecule has 1 nitrogen and oxygen atoms in total. The molecule has 0 radical (unpaired) electrons. The second kappa shape index (κ2) is 3.72. The van der Waals surface area contributed by atoms with Gasteiger partial charge in [-0.2, -0.15) is 0 Å². The predicted molar refractivity (Wildman–Crippen MR) is 33.1 cm³/mol. The zero-order chi connectivity index (χ0) is 5.70. The lowest BCUT2D eigenvalue weighted by Crippen LogP contribution is -2.09. The molecule has 0 rings (SSSR count). The summed E-state index contributed by atoms with van der Waals surface area (Å²) >= 11 is 0. The Morgan fingerprint density at radius 1 is 1.71 bits per heavy atom. The number of nitrogens with one attached hydrogen (secondary N) is 1. The fourth-order valence-electron chi connectivity index (χ4n) is 0.338. The number of allylic oxidation sites excluding steroid dienone is 1. The van der Waals surface area contributed by atoms with Gasteiger partial charge >= 0.3 is 0 Å². The highest BCUT2D eigenvalue weighted by molar-refractivity contribution is 4.83. The summed E-state index contributed by atoms with van der Waals surface area (Å²) in [5, 5.41) is 3.10. The van der Waals surface area contributed by atoms with Crippen LogP contribution in [0.1, 0.15) is 20.3 Å². The Labute approximate surface area is 45.4 Å². The Morgan fingerprint density at radius 3 is 2.43 bits per heavy atom. The molecule has 0 heterocycles. The van der Waals surface area contributed by atoms with Gasteiger partial charge < -0.3 is 5.32 Å². The van der Waals surface area contributed by atoms with Crippen LogP contribution in [0.4, 0.5) is 0 Å². The molecule has 0 aromatic heterocycles. The maximum absolute atomic E-state index is 3.68. The van der Waals surface area contributed by atoms with E-state index in [1.165, 1.54) is 6.42 Å². The van der Waals surface area contributed by atoms with Crippen LogP contribution in [0.3, 0.4) is 0 Å². The van der Waals surface area contributed by atoms with Crippen molar-refractivity contribution in [2.75, 3.05) is 6.54 Å². The lowest BCUT2D eigenvalue weighted by atomic mass is 10.4. The first-order chi connectivity index (χ1) is 3.27. The smallest absolute Gasteiger partial charge is 0.0141 e. The third-order valence-corrected chi connectivity index (χ3v) is 0.677. The van der Waals surface area contributed by atoms with Crippen LogP contribution in [0.25, 0.3) is 0 Å². The van der Waals surface area contributed by atoms with Gasteiger partial charge in [0.1, 0.15) is 0 Å². The third-order valence-electron chi connectivity index (χ3n) is 0.677. The molecule has 0 fully saturated rings. The van der Waals surface area contributed by atoms with E-state index in [0.717, 1.165) is 12.2 Å². The number of hydrogen-bond acceptors (Lipinski definition) is 1. The molecule has 7 heavy (non-hydrogen) atoms. The molecule has 1 heteroatoms. The van der Waals surface area contributed by atoms with Crippen molar-refractivity contribution in [1.29, 1.82) is 0 Å². The summed E-state index contributed by atoms with van der Waals surface area (Å²) in [6, 6.07) is 0. The van der Waals surface area contributed by atoms with Gasteiger partial charge in [-0.3, -0.25) is 0 Å². The molecule has 0 saturated heterocycles. The zero-order valence-corrected chi connectivity index (χ0v) is 5.12. The third kappa shape index (κ3) is 5.54. The van der Waals surface area contributed by atoms with E-state index in [-0.39, 0.29) is 0 Å². The van der Waals surface area contributed by atoms with Gasteiger partial charge in [0.15, 0.2) is 0 Å². The molecule has 1 N–H and O–H groups in total. The summed E-state index contributed by atoms with van der Waals surface area (Å²) in [5.74, 6) is 0. The lowest BCUT2D eigenvalue weighted by molar-refractivity contribution is 0.772. The predicted octanol–water partition coefficient (Wildman–Crippen LogP) is 1.52. The number of hydrogen-bond donors (Lipinski definition) is 1. The van der Waals surface area contributed by atoms with Crippen molar-refractivity contribution >= 4 is 0 Å². The number of rotatable bonds is 3. The minimum atomic E-state index is 1.05. The van der Waals surface area contributed by atoms with Crippen molar-refractivity contribution in [3.05, 3.63) is 12.3 Å². The summed E-state index contributed by atoms with van der Waals surface area (Å²) < 4.78 is 0. The Balaban J connectivity index is 2.82. The molecule has 0 aromatic carbocycles. The monoisotopic (exact) mass is 99.1 g/mol. The fourth-order valence-corrected chi connectivity index (χ4v) is 0.338. The second-order valence-electron chi connectivity index (χ2n) is 1.71. The highest BCUT2D eigenvalue weighted by atomic mass is 14.9. The van der Waals surface area contributed by atoms with E-state index in [1.807, 2.05) is 6.92 Å². The zero-order valence-electron chi connectivity index (χ0n) is 5.12. The van der Waals surface area contributed by atoms with Gasteiger partial charge in [0.05, 0.1) is 0 Å². The van der Waals surface area contributed by atoms with Gasteiger partial charge in [0.2, 0.25) is 0 Å². The summed E-state index contributed by atoms with van der Waals surface area (Å²) in [5.41, 5.74) is 1.06. The first-order valence-electron chi connectivity index (χ1n) is 2.66. The molecule has 0 aliphatic heterocycles. The molecule has 42 valence electrons. The van der Waals surface area contributed by atoms with E-state index in [2.05, 4.69) is 18.8 Å². The quantitative estimate of drug-likeness (QED) is 0.565. The van der Waals surface area contributed by atoms with Crippen LogP contribution in [0.5, 0.6) is 0 Å². The van der Waals surface area contributed by atoms with E-state index < -0.39 is 0 Å². The molecule has 0 aliphatic carbocycles. The van der Waals surface area contributed by atoms with Gasteiger partial charge in [-0.05, 0) is 13.3 Å². The van der Waals surface area contributed by atoms with Gasteiger partial charge in [0, 0.05) is 12.2 Å². The van der Waals surface area contributed by atoms with Gasteiger partial charge in [-0.15, -0.1) is 0 Å². The van der Waals surface area contributed by atoms with Crippen molar-refractivity contribution in [2.45, 2.75) is 20.3 Å². The van der Waals surface area contributed by atoms with E-state index in [9.17, 15) is 0 Å². The standard InChI is InChI=1S/C6H13N/c1-4-5-7-6(2)3/h7H,2,4-5H2,1,3H3. The van der Waals surface area contributed by atoms with Gasteiger partial charge in [0.25, 0.3) is 0 Å². The Kier molecular flexibility index (Phi) is 3.48. The molecule has 0 atom stereocenters. The normalized spacial score (nSPS) is 8.29. The van der Waals surface area contributed by atoms with Crippen LogP contribution in [-0.2, 0) is 0 Å². The van der Waals surface area contributed by atoms with Gasteiger partial charge in [-0.1, -0.05) is 13.5 Å². The van der Waals surface area contributed by atoms with E-state index in [1.54, 1.807) is 0 Å². The van der Waals surface area contributed by atoms with Crippen molar-refractivity contribution < 1.29 is 0 Å². The van der Waals surface area contributed by atoms with E-state index in [4.69, 9.17) is 0 Å². The first kappa shape index (κ1) is 6.54. The molecule has 0 bridgehead atoms. The Hall–Kier alpha value is -0.460. The van der Waals surface area contributed by atoms with Crippen LogP contribution in [0.15, 0.2) is 12.3 Å². The van der Waals surface area contributed by atoms with E-state index in [0.29, 0.717) is 0 Å². The van der Waals surface area contributed by atoms with Crippen molar-refractivity contribution in [2.24, 2.45) is 0 Å². The summed E-state index contributed by atoms with van der Waals surface area (Å²) in [7, 11) is 0. The van der Waals surface area contributed by atoms with E-state index >= 15 is 0 Å². The minimum absolute atomic E-state index is 1.05. The van der Waals surface area contributed by atoms with Crippen molar-refractivity contribution in [1.82, 2.24) is 5.32 Å². The molecule has 0 unspecified atom stereocenters. The van der Waals surface area contributed by atoms with Crippen LogP contribution in [0.2, 0.25) is 0 Å². The first-order valence-corrected chi connectivity index (χ1v) is 2.66. The SMILES string of the molecule is C=C(C)NCCC. The van der Waals surface area contributed by atoms with Gasteiger partial charge in [-0.25, -0.2) is 0 Å². The molecular weight excluding hydrogens is 86.1 g/mol. The average molecular weight is 99.2 g/mol. The molecular formula is C6H13N. The Bertz CT molecular complexity index is 57.2. The molecule has 0 aromatic rings. The lowest BCUT2D eigenvalue weighted by Gasteiger charge is -1.98. The van der Waals surface area contributed by atoms with Crippen LogP contribution < -0.4 is 5.32 Å². The maximum atomic E-state index is 3.68. The van der Waals surface area contributed by atoms with Crippen LogP contribution in [-0.4, -0.2) is 6.54 Å². The van der Waals surface area contributed by atoms with Crippen LogP contribution >= 0.6 is 0 Å². The molecule has 0 amide bonds. The average Bonchev–Trinajstić information content (AvgIpc) is 1.61.